The molecule has 0 saturated heterocycles. The lowest BCUT2D eigenvalue weighted by Crippen LogP contribution is -2.36. The molecule has 0 radical (unpaired) electrons. The third-order valence-electron chi connectivity index (χ3n) is 4.39. The number of methoxy groups -OCH3 is 2. The number of amides is 2. The number of carbonyl (C=O) groups excluding carboxylic acids is 2. The topological polar surface area (TPSA) is 85.9 Å². The second-order valence-electron chi connectivity index (χ2n) is 6.51. The fourth-order valence-corrected chi connectivity index (χ4v) is 3.43. The smallest absolute Gasteiger partial charge is 0.267 e. The molecular formula is C24H24N2O5S. The van der Waals surface area contributed by atoms with E-state index in [-0.39, 0.29) is 18.8 Å². The van der Waals surface area contributed by atoms with Crippen molar-refractivity contribution in [1.29, 1.82) is 0 Å². The maximum Gasteiger partial charge on any atom is 0.267 e. The quantitative estimate of drug-likeness (QED) is 0.362. The van der Waals surface area contributed by atoms with Gasteiger partial charge in [-0.05, 0) is 53.9 Å². The molecule has 7 nitrogen and oxygen atoms in total. The van der Waals surface area contributed by atoms with Gasteiger partial charge in [0.1, 0.15) is 18.1 Å². The first-order chi connectivity index (χ1) is 15.6. The molecule has 2 N–H and O–H groups in total. The summed E-state index contributed by atoms with van der Waals surface area (Å²) in [6, 6.07) is 17.7. The van der Waals surface area contributed by atoms with Crippen molar-refractivity contribution < 1.29 is 23.8 Å². The molecule has 0 bridgehead atoms. The molecule has 0 aliphatic heterocycles. The zero-order valence-electron chi connectivity index (χ0n) is 17.8. The standard InChI is InChI=1S/C24H24N2O5S/c1-29-18-11-9-17(10-12-18)23(27)26-20(16-19-6-5-15-32-19)24(28)25-13-14-31-22-8-4-3-7-21(22)30-2/h3-12,15-16H,13-14H2,1-2H3,(H,25,28)(H,26,27)/b20-16-. The molecule has 166 valence electrons. The van der Waals surface area contributed by atoms with Gasteiger partial charge >= 0.3 is 0 Å². The van der Waals surface area contributed by atoms with E-state index in [1.165, 1.54) is 11.3 Å². The first kappa shape index (κ1) is 22.9. The van der Waals surface area contributed by atoms with Crippen LogP contribution >= 0.6 is 11.3 Å². The van der Waals surface area contributed by atoms with Crippen LogP contribution in [0.1, 0.15) is 15.2 Å². The molecule has 1 aromatic heterocycles. The Kier molecular flexibility index (Phi) is 8.28. The van der Waals surface area contributed by atoms with Gasteiger partial charge in [-0.15, -0.1) is 11.3 Å². The number of benzene rings is 2. The third-order valence-corrected chi connectivity index (χ3v) is 5.21. The molecule has 32 heavy (non-hydrogen) atoms. The van der Waals surface area contributed by atoms with E-state index in [4.69, 9.17) is 14.2 Å². The van der Waals surface area contributed by atoms with Crippen LogP contribution in [0.5, 0.6) is 17.2 Å². The number of rotatable bonds is 10. The molecule has 3 aromatic rings. The second-order valence-corrected chi connectivity index (χ2v) is 7.49. The van der Waals surface area contributed by atoms with Gasteiger partial charge in [-0.1, -0.05) is 18.2 Å². The number of carbonyl (C=O) groups is 2. The number of thiophene rings is 1. The lowest BCUT2D eigenvalue weighted by Gasteiger charge is -2.13. The maximum absolute atomic E-state index is 12.8. The molecule has 1 heterocycles. The van der Waals surface area contributed by atoms with Gasteiger partial charge in [0.05, 0.1) is 20.8 Å². The van der Waals surface area contributed by atoms with E-state index in [1.54, 1.807) is 56.7 Å². The number of para-hydroxylation sites is 2. The minimum absolute atomic E-state index is 0.144. The number of hydrogen-bond acceptors (Lipinski definition) is 6. The lowest BCUT2D eigenvalue weighted by molar-refractivity contribution is -0.117. The average Bonchev–Trinajstić information content (AvgIpc) is 3.34. The maximum atomic E-state index is 12.8. The molecule has 0 spiro atoms. The van der Waals surface area contributed by atoms with Crippen LogP contribution < -0.4 is 24.8 Å². The summed E-state index contributed by atoms with van der Waals surface area (Å²) in [5.41, 5.74) is 0.556. The summed E-state index contributed by atoms with van der Waals surface area (Å²) in [6.07, 6.45) is 1.64. The monoisotopic (exact) mass is 452 g/mol. The molecule has 0 aliphatic carbocycles. The molecule has 2 aromatic carbocycles. The van der Waals surface area contributed by atoms with Gasteiger partial charge in [0, 0.05) is 10.4 Å². The summed E-state index contributed by atoms with van der Waals surface area (Å²) in [7, 11) is 3.12. The lowest BCUT2D eigenvalue weighted by atomic mass is 10.2. The number of hydrogen-bond donors (Lipinski definition) is 2. The summed E-state index contributed by atoms with van der Waals surface area (Å²) in [5, 5.41) is 7.37. The summed E-state index contributed by atoms with van der Waals surface area (Å²) >= 11 is 1.46. The van der Waals surface area contributed by atoms with Crippen LogP contribution in [0.25, 0.3) is 6.08 Å². The molecule has 2 amide bonds. The Bertz CT molecular complexity index is 1060. The Hall–Kier alpha value is -3.78. The normalized spacial score (nSPS) is 10.9. The van der Waals surface area contributed by atoms with Gasteiger partial charge < -0.3 is 24.8 Å². The van der Waals surface area contributed by atoms with Crippen LogP contribution in [0.3, 0.4) is 0 Å². The second kappa shape index (κ2) is 11.6. The van der Waals surface area contributed by atoms with E-state index in [1.807, 2.05) is 29.6 Å². The van der Waals surface area contributed by atoms with Crippen molar-refractivity contribution in [2.45, 2.75) is 0 Å². The molecule has 0 fully saturated rings. The van der Waals surface area contributed by atoms with Gasteiger partial charge in [-0.3, -0.25) is 9.59 Å². The Morgan fingerprint density at radius 3 is 2.34 bits per heavy atom. The van der Waals surface area contributed by atoms with E-state index >= 15 is 0 Å². The number of nitrogens with one attached hydrogen (secondary N) is 2. The predicted octanol–water partition coefficient (Wildman–Crippen LogP) is 3.73. The average molecular weight is 453 g/mol. The molecule has 0 atom stereocenters. The Labute approximate surface area is 190 Å². The molecular weight excluding hydrogens is 428 g/mol. The Morgan fingerprint density at radius 1 is 0.938 bits per heavy atom. The molecule has 0 aliphatic rings. The minimum atomic E-state index is -0.413. The summed E-state index contributed by atoms with van der Waals surface area (Å²) in [4.78, 5) is 26.3. The SMILES string of the molecule is COc1ccc(C(=O)N/C(=C\c2cccs2)C(=O)NCCOc2ccccc2OC)cc1. The van der Waals surface area contributed by atoms with Crippen molar-refractivity contribution in [3.63, 3.8) is 0 Å². The van der Waals surface area contributed by atoms with E-state index in [0.717, 1.165) is 4.88 Å². The highest BCUT2D eigenvalue weighted by atomic mass is 32.1. The van der Waals surface area contributed by atoms with Crippen molar-refractivity contribution in [2.24, 2.45) is 0 Å². The predicted molar refractivity (Wildman–Crippen MR) is 124 cm³/mol. The van der Waals surface area contributed by atoms with Crippen molar-refractivity contribution in [2.75, 3.05) is 27.4 Å². The van der Waals surface area contributed by atoms with Crippen LogP contribution in [-0.4, -0.2) is 39.2 Å². The first-order valence-corrected chi connectivity index (χ1v) is 10.7. The van der Waals surface area contributed by atoms with E-state index < -0.39 is 11.8 Å². The molecule has 8 heteroatoms. The summed E-state index contributed by atoms with van der Waals surface area (Å²) < 4.78 is 16.0. The highest BCUT2D eigenvalue weighted by molar-refractivity contribution is 7.10. The van der Waals surface area contributed by atoms with Crippen molar-refractivity contribution in [3.8, 4) is 17.2 Å². The molecule has 0 unspecified atom stereocenters. The molecule has 0 saturated carbocycles. The summed E-state index contributed by atoms with van der Waals surface area (Å²) in [6.45, 7) is 0.488. The van der Waals surface area contributed by atoms with Crippen LogP contribution in [0.4, 0.5) is 0 Å². The van der Waals surface area contributed by atoms with Crippen molar-refractivity contribution in [1.82, 2.24) is 10.6 Å². The fraction of sp³-hybridized carbons (Fsp3) is 0.167. The van der Waals surface area contributed by atoms with Gasteiger partial charge in [-0.2, -0.15) is 0 Å². The van der Waals surface area contributed by atoms with E-state index in [9.17, 15) is 9.59 Å². The van der Waals surface area contributed by atoms with Crippen LogP contribution in [-0.2, 0) is 4.79 Å². The van der Waals surface area contributed by atoms with Crippen LogP contribution in [0.15, 0.2) is 71.7 Å². The summed E-state index contributed by atoms with van der Waals surface area (Å²) in [5.74, 6) is 1.04. The van der Waals surface area contributed by atoms with Crippen LogP contribution in [0, 0.1) is 0 Å². The largest absolute Gasteiger partial charge is 0.497 e. The zero-order valence-corrected chi connectivity index (χ0v) is 18.6. The highest BCUT2D eigenvalue weighted by Gasteiger charge is 2.15. The van der Waals surface area contributed by atoms with Gasteiger partial charge in [0.15, 0.2) is 11.5 Å². The number of ether oxygens (including phenoxy) is 3. The first-order valence-electron chi connectivity index (χ1n) is 9.85. The van der Waals surface area contributed by atoms with Gasteiger partial charge in [-0.25, -0.2) is 0 Å². The van der Waals surface area contributed by atoms with Gasteiger partial charge in [0.25, 0.3) is 11.8 Å². The van der Waals surface area contributed by atoms with Gasteiger partial charge in [0.2, 0.25) is 0 Å². The molecule has 3 rings (SSSR count). The highest BCUT2D eigenvalue weighted by Crippen LogP contribution is 2.25. The minimum Gasteiger partial charge on any atom is -0.497 e. The van der Waals surface area contributed by atoms with Crippen molar-refractivity contribution >= 4 is 29.2 Å². The fourth-order valence-electron chi connectivity index (χ4n) is 2.77. The third kappa shape index (κ3) is 6.36. The van der Waals surface area contributed by atoms with Crippen LogP contribution in [0.2, 0.25) is 0 Å². The van der Waals surface area contributed by atoms with Crippen molar-refractivity contribution in [3.05, 3.63) is 82.2 Å². The Balaban J connectivity index is 1.63. The van der Waals surface area contributed by atoms with E-state index in [2.05, 4.69) is 10.6 Å². The zero-order chi connectivity index (χ0) is 22.8. The Morgan fingerprint density at radius 2 is 1.69 bits per heavy atom. The van der Waals surface area contributed by atoms with E-state index in [0.29, 0.717) is 22.8 Å².